The third kappa shape index (κ3) is 3.66. The molecule has 124 valence electrons. The van der Waals surface area contributed by atoms with Crippen molar-refractivity contribution in [3.05, 3.63) is 52.3 Å². The number of hydrogen-bond donors (Lipinski definition) is 2. The lowest BCUT2D eigenvalue weighted by molar-refractivity contribution is 0.0376. The Balaban J connectivity index is 2.27. The van der Waals surface area contributed by atoms with Crippen LogP contribution in [0.2, 0.25) is 0 Å². The number of H-pyrrole nitrogens is 1. The Labute approximate surface area is 141 Å². The second-order valence-electron chi connectivity index (χ2n) is 5.76. The molecule has 5 nitrogen and oxygen atoms in total. The van der Waals surface area contributed by atoms with Gasteiger partial charge in [0.05, 0.1) is 11.7 Å². The van der Waals surface area contributed by atoms with E-state index in [9.17, 15) is 9.59 Å². The van der Waals surface area contributed by atoms with Gasteiger partial charge >= 0.3 is 5.97 Å². The second-order valence-corrected chi connectivity index (χ2v) is 5.76. The number of carbonyl (C=O) groups excluding carboxylic acids is 2. The zero-order valence-corrected chi connectivity index (χ0v) is 14.2. The number of aromatic amines is 1. The third-order valence-corrected chi connectivity index (χ3v) is 3.50. The summed E-state index contributed by atoms with van der Waals surface area (Å²) in [7, 11) is 0. The van der Waals surface area contributed by atoms with Gasteiger partial charge in [0.15, 0.2) is 0 Å². The Morgan fingerprint density at radius 2 is 2.00 bits per heavy atom. The van der Waals surface area contributed by atoms with Crippen molar-refractivity contribution in [3.8, 4) is 12.3 Å². The number of benzene rings is 1. The van der Waals surface area contributed by atoms with Crippen molar-refractivity contribution in [2.75, 3.05) is 5.32 Å². The van der Waals surface area contributed by atoms with Gasteiger partial charge in [-0.05, 0) is 51.5 Å². The van der Waals surface area contributed by atoms with Gasteiger partial charge in [0.25, 0.3) is 5.91 Å². The van der Waals surface area contributed by atoms with Crippen molar-refractivity contribution in [3.63, 3.8) is 0 Å². The lowest BCUT2D eigenvalue weighted by atomic mass is 10.1. The molecule has 2 N–H and O–H groups in total. The van der Waals surface area contributed by atoms with Crippen molar-refractivity contribution >= 4 is 17.6 Å². The fourth-order valence-corrected chi connectivity index (χ4v) is 2.44. The summed E-state index contributed by atoms with van der Waals surface area (Å²) in [6, 6.07) is 7.00. The van der Waals surface area contributed by atoms with Gasteiger partial charge in [-0.25, -0.2) is 4.79 Å². The average Bonchev–Trinajstić information content (AvgIpc) is 2.81. The summed E-state index contributed by atoms with van der Waals surface area (Å²) in [5.74, 6) is 1.74. The molecular formula is C19H20N2O3. The van der Waals surface area contributed by atoms with Crippen LogP contribution in [-0.2, 0) is 4.74 Å². The van der Waals surface area contributed by atoms with Gasteiger partial charge in [0.2, 0.25) is 0 Å². The molecule has 0 fully saturated rings. The van der Waals surface area contributed by atoms with E-state index in [1.165, 1.54) is 0 Å². The van der Waals surface area contributed by atoms with Crippen molar-refractivity contribution in [1.29, 1.82) is 0 Å². The predicted octanol–water partition coefficient (Wildman–Crippen LogP) is 3.43. The van der Waals surface area contributed by atoms with Crippen LogP contribution in [0.1, 0.15) is 51.5 Å². The van der Waals surface area contributed by atoms with E-state index in [-0.39, 0.29) is 12.0 Å². The first kappa shape index (κ1) is 17.4. The number of aromatic nitrogens is 1. The predicted molar refractivity (Wildman–Crippen MR) is 93.1 cm³/mol. The first-order chi connectivity index (χ1) is 11.3. The second kappa shape index (κ2) is 7.05. The minimum Gasteiger partial charge on any atom is -0.459 e. The van der Waals surface area contributed by atoms with Crippen LogP contribution in [0.4, 0.5) is 5.69 Å². The maximum absolute atomic E-state index is 12.5. The smallest absolute Gasteiger partial charge is 0.340 e. The molecule has 2 rings (SSSR count). The number of anilines is 1. The number of nitrogens with one attached hydrogen (secondary N) is 2. The molecule has 1 aromatic carbocycles. The van der Waals surface area contributed by atoms with E-state index in [4.69, 9.17) is 11.2 Å². The van der Waals surface area contributed by atoms with Crippen molar-refractivity contribution in [2.24, 2.45) is 0 Å². The number of hydrogen-bond acceptors (Lipinski definition) is 3. The highest BCUT2D eigenvalue weighted by molar-refractivity contribution is 6.06. The number of amides is 1. The molecule has 1 amide bonds. The molecule has 0 aliphatic carbocycles. The number of ether oxygens (including phenoxy) is 1. The fraction of sp³-hybridized carbons (Fsp3) is 0.263. The Kier molecular flexibility index (Phi) is 5.10. The zero-order chi connectivity index (χ0) is 17.9. The molecule has 1 heterocycles. The molecule has 0 atom stereocenters. The number of carbonyl (C=O) groups is 2. The van der Waals surface area contributed by atoms with E-state index < -0.39 is 5.97 Å². The van der Waals surface area contributed by atoms with Gasteiger partial charge in [0, 0.05) is 16.9 Å². The van der Waals surface area contributed by atoms with Crippen LogP contribution in [0.3, 0.4) is 0 Å². The Morgan fingerprint density at radius 3 is 2.62 bits per heavy atom. The standard InChI is InChI=1S/C19H20N2O3/c1-6-14-8-7-9-15(10-14)21-18(22)17-12(4)16(13(5)20-17)19(23)24-11(2)3/h1,7-11,20H,2-5H3,(H,21,22). The molecule has 0 aliphatic heterocycles. The maximum Gasteiger partial charge on any atom is 0.340 e. The molecule has 1 aromatic heterocycles. The molecule has 0 spiro atoms. The topological polar surface area (TPSA) is 71.2 Å². The van der Waals surface area contributed by atoms with E-state index in [2.05, 4.69) is 16.2 Å². The van der Waals surface area contributed by atoms with Gasteiger partial charge in [-0.2, -0.15) is 0 Å². The Bertz CT molecular complexity index is 826. The summed E-state index contributed by atoms with van der Waals surface area (Å²) in [6.45, 7) is 7.01. The van der Waals surface area contributed by atoms with Gasteiger partial charge < -0.3 is 15.0 Å². The quantitative estimate of drug-likeness (QED) is 0.668. The lowest BCUT2D eigenvalue weighted by Crippen LogP contribution is -2.15. The monoisotopic (exact) mass is 324 g/mol. The molecule has 5 heteroatoms. The number of rotatable bonds is 4. The lowest BCUT2D eigenvalue weighted by Gasteiger charge is -2.08. The van der Waals surface area contributed by atoms with E-state index in [0.29, 0.717) is 33.8 Å². The summed E-state index contributed by atoms with van der Waals surface area (Å²) in [5.41, 5.74) is 3.15. The van der Waals surface area contributed by atoms with Crippen molar-refractivity contribution < 1.29 is 14.3 Å². The van der Waals surface area contributed by atoms with Crippen LogP contribution in [-0.4, -0.2) is 23.0 Å². The summed E-state index contributed by atoms with van der Waals surface area (Å²) >= 11 is 0. The summed E-state index contributed by atoms with van der Waals surface area (Å²) in [5, 5.41) is 2.78. The summed E-state index contributed by atoms with van der Waals surface area (Å²) in [4.78, 5) is 27.6. The normalized spacial score (nSPS) is 10.3. The van der Waals surface area contributed by atoms with Crippen molar-refractivity contribution in [1.82, 2.24) is 4.98 Å². The summed E-state index contributed by atoms with van der Waals surface area (Å²) in [6.07, 6.45) is 5.13. The first-order valence-corrected chi connectivity index (χ1v) is 7.61. The molecule has 0 radical (unpaired) electrons. The van der Waals surface area contributed by atoms with Crippen molar-refractivity contribution in [2.45, 2.75) is 33.8 Å². The van der Waals surface area contributed by atoms with Gasteiger partial charge in [-0.3, -0.25) is 4.79 Å². The van der Waals surface area contributed by atoms with E-state index in [0.717, 1.165) is 0 Å². The maximum atomic E-state index is 12.5. The van der Waals surface area contributed by atoms with E-state index in [1.807, 2.05) is 0 Å². The molecular weight excluding hydrogens is 304 g/mol. The molecule has 0 aliphatic rings. The van der Waals surface area contributed by atoms with Gasteiger partial charge in [-0.15, -0.1) is 6.42 Å². The van der Waals surface area contributed by atoms with Crippen LogP contribution in [0.25, 0.3) is 0 Å². The SMILES string of the molecule is C#Cc1cccc(NC(=O)c2[nH]c(C)c(C(=O)OC(C)C)c2C)c1. The van der Waals surface area contributed by atoms with Gasteiger partial charge in [-0.1, -0.05) is 12.0 Å². The zero-order valence-electron chi connectivity index (χ0n) is 14.2. The summed E-state index contributed by atoms with van der Waals surface area (Å²) < 4.78 is 5.23. The minimum absolute atomic E-state index is 0.227. The third-order valence-electron chi connectivity index (χ3n) is 3.50. The van der Waals surface area contributed by atoms with Crippen LogP contribution < -0.4 is 5.32 Å². The molecule has 0 unspecified atom stereocenters. The van der Waals surface area contributed by atoms with E-state index >= 15 is 0 Å². The van der Waals surface area contributed by atoms with E-state index in [1.54, 1.807) is 52.0 Å². The Hall–Kier alpha value is -3.00. The Morgan fingerprint density at radius 1 is 1.29 bits per heavy atom. The highest BCUT2D eigenvalue weighted by atomic mass is 16.5. The fourth-order valence-electron chi connectivity index (χ4n) is 2.44. The molecule has 2 aromatic rings. The number of aryl methyl sites for hydroxylation is 1. The number of terminal acetylenes is 1. The van der Waals surface area contributed by atoms with Gasteiger partial charge in [0.1, 0.15) is 5.69 Å². The van der Waals surface area contributed by atoms with Crippen LogP contribution in [0.15, 0.2) is 24.3 Å². The number of esters is 1. The molecule has 0 saturated heterocycles. The van der Waals surface area contributed by atoms with Crippen LogP contribution in [0, 0.1) is 26.2 Å². The minimum atomic E-state index is -0.440. The molecule has 0 saturated carbocycles. The molecule has 0 bridgehead atoms. The molecule has 24 heavy (non-hydrogen) atoms. The highest BCUT2D eigenvalue weighted by Crippen LogP contribution is 2.21. The largest absolute Gasteiger partial charge is 0.459 e. The van der Waals surface area contributed by atoms with Crippen LogP contribution >= 0.6 is 0 Å². The first-order valence-electron chi connectivity index (χ1n) is 7.61. The average molecular weight is 324 g/mol. The van der Waals surface area contributed by atoms with Crippen LogP contribution in [0.5, 0.6) is 0 Å². The highest BCUT2D eigenvalue weighted by Gasteiger charge is 2.23.